The van der Waals surface area contributed by atoms with E-state index in [1.807, 2.05) is 66.4 Å². The molecule has 1 aliphatic heterocycles. The summed E-state index contributed by atoms with van der Waals surface area (Å²) in [5, 5.41) is 0.745. The maximum Gasteiger partial charge on any atom is 0.223 e. The molecule has 34 heavy (non-hydrogen) atoms. The molecule has 0 aliphatic carbocycles. The molecule has 0 saturated carbocycles. The summed E-state index contributed by atoms with van der Waals surface area (Å²) in [6, 6.07) is 24.1. The maximum absolute atomic E-state index is 12.8. The number of para-hydroxylation sites is 2. The highest BCUT2D eigenvalue weighted by atomic mass is 35.5. The summed E-state index contributed by atoms with van der Waals surface area (Å²) in [6.45, 7) is 4.69. The summed E-state index contributed by atoms with van der Waals surface area (Å²) >= 11 is 6.12. The van der Waals surface area contributed by atoms with Gasteiger partial charge in [-0.3, -0.25) is 4.79 Å². The fourth-order valence-corrected chi connectivity index (χ4v) is 4.78. The van der Waals surface area contributed by atoms with Gasteiger partial charge < -0.3 is 14.2 Å². The van der Waals surface area contributed by atoms with Gasteiger partial charge in [0.15, 0.2) is 0 Å². The minimum atomic E-state index is 0.0865. The summed E-state index contributed by atoms with van der Waals surface area (Å²) in [6.07, 6.45) is 1.33. The standard InChI is InChI=1S/C28H28ClN3O2/c1-20-16-23(12-13-24(20)29)34-15-7-14-32-26-11-6-5-10-25(26)30-28(32)22-17-27(33)31(19-22)18-21-8-3-2-4-9-21/h2-6,8-13,16,22H,7,14-15,17-19H2,1H3. The Kier molecular flexibility index (Phi) is 6.54. The molecule has 0 bridgehead atoms. The van der Waals surface area contributed by atoms with Gasteiger partial charge in [0.05, 0.1) is 17.6 Å². The average Bonchev–Trinajstić information content (AvgIpc) is 3.40. The molecule has 1 aromatic heterocycles. The number of carbonyl (C=O) groups is 1. The Morgan fingerprint density at radius 1 is 1.06 bits per heavy atom. The largest absolute Gasteiger partial charge is 0.494 e. The zero-order valence-electron chi connectivity index (χ0n) is 19.3. The summed E-state index contributed by atoms with van der Waals surface area (Å²) in [5.74, 6) is 2.10. The van der Waals surface area contributed by atoms with Gasteiger partial charge in [0, 0.05) is 37.0 Å². The van der Waals surface area contributed by atoms with E-state index in [2.05, 4.69) is 22.8 Å². The normalized spacial score (nSPS) is 15.9. The zero-order chi connectivity index (χ0) is 23.5. The molecule has 2 heterocycles. The lowest BCUT2D eigenvalue weighted by molar-refractivity contribution is -0.128. The third kappa shape index (κ3) is 4.80. The first-order valence-corrected chi connectivity index (χ1v) is 12.1. The van der Waals surface area contributed by atoms with Crippen molar-refractivity contribution in [3.8, 4) is 5.75 Å². The monoisotopic (exact) mass is 473 g/mol. The molecular weight excluding hydrogens is 446 g/mol. The van der Waals surface area contributed by atoms with Gasteiger partial charge in [-0.05, 0) is 54.8 Å². The van der Waals surface area contributed by atoms with Crippen LogP contribution in [0.2, 0.25) is 5.02 Å². The van der Waals surface area contributed by atoms with Gasteiger partial charge >= 0.3 is 0 Å². The number of hydrogen-bond donors (Lipinski definition) is 0. The van der Waals surface area contributed by atoms with Crippen LogP contribution in [0.4, 0.5) is 0 Å². The lowest BCUT2D eigenvalue weighted by atomic mass is 10.1. The minimum absolute atomic E-state index is 0.0865. The lowest BCUT2D eigenvalue weighted by Gasteiger charge is -2.17. The van der Waals surface area contributed by atoms with Gasteiger partial charge in [0.1, 0.15) is 11.6 Å². The fraction of sp³-hybridized carbons (Fsp3) is 0.286. The third-order valence-corrected chi connectivity index (χ3v) is 6.83. The maximum atomic E-state index is 12.8. The highest BCUT2D eigenvalue weighted by Gasteiger charge is 2.33. The molecule has 1 fully saturated rings. The number of aromatic nitrogens is 2. The summed E-state index contributed by atoms with van der Waals surface area (Å²) in [5.41, 5.74) is 4.24. The second kappa shape index (κ2) is 9.90. The Morgan fingerprint density at radius 2 is 1.85 bits per heavy atom. The molecule has 1 saturated heterocycles. The van der Waals surface area contributed by atoms with E-state index in [0.29, 0.717) is 26.1 Å². The molecule has 1 aliphatic rings. The van der Waals surface area contributed by atoms with Gasteiger partial charge in [-0.1, -0.05) is 54.1 Å². The summed E-state index contributed by atoms with van der Waals surface area (Å²) in [7, 11) is 0. The molecule has 1 unspecified atom stereocenters. The smallest absolute Gasteiger partial charge is 0.223 e. The van der Waals surface area contributed by atoms with Crippen molar-refractivity contribution < 1.29 is 9.53 Å². The van der Waals surface area contributed by atoms with Gasteiger partial charge in [-0.2, -0.15) is 0 Å². The molecule has 4 aromatic rings. The second-order valence-electron chi connectivity index (χ2n) is 8.88. The third-order valence-electron chi connectivity index (χ3n) is 6.40. The van der Waals surface area contributed by atoms with Crippen LogP contribution in [0.15, 0.2) is 72.8 Å². The van der Waals surface area contributed by atoms with E-state index in [1.54, 1.807) is 0 Å². The number of halogens is 1. The minimum Gasteiger partial charge on any atom is -0.494 e. The predicted molar refractivity (Wildman–Crippen MR) is 135 cm³/mol. The van der Waals surface area contributed by atoms with Crippen molar-refractivity contribution in [2.24, 2.45) is 0 Å². The van der Waals surface area contributed by atoms with Crippen LogP contribution >= 0.6 is 11.6 Å². The van der Waals surface area contributed by atoms with Gasteiger partial charge in [-0.25, -0.2) is 4.98 Å². The summed E-state index contributed by atoms with van der Waals surface area (Å²) in [4.78, 5) is 19.7. The van der Waals surface area contributed by atoms with Crippen molar-refractivity contribution in [3.05, 3.63) is 94.8 Å². The van der Waals surface area contributed by atoms with Gasteiger partial charge in [-0.15, -0.1) is 0 Å². The lowest BCUT2D eigenvalue weighted by Crippen LogP contribution is -2.24. The van der Waals surface area contributed by atoms with Crippen LogP contribution in [-0.4, -0.2) is 33.5 Å². The number of rotatable bonds is 8. The van der Waals surface area contributed by atoms with Crippen LogP contribution in [0.5, 0.6) is 5.75 Å². The van der Waals surface area contributed by atoms with Crippen molar-refractivity contribution >= 4 is 28.5 Å². The van der Waals surface area contributed by atoms with Crippen LogP contribution in [0.3, 0.4) is 0 Å². The zero-order valence-corrected chi connectivity index (χ0v) is 20.0. The Morgan fingerprint density at radius 3 is 2.68 bits per heavy atom. The van der Waals surface area contributed by atoms with Crippen molar-refractivity contribution in [1.29, 1.82) is 0 Å². The topological polar surface area (TPSA) is 47.4 Å². The molecule has 5 nitrogen and oxygen atoms in total. The van der Waals surface area contributed by atoms with E-state index in [-0.39, 0.29) is 11.8 Å². The van der Waals surface area contributed by atoms with Gasteiger partial charge in [0.2, 0.25) is 5.91 Å². The number of nitrogens with zero attached hydrogens (tertiary/aromatic N) is 3. The predicted octanol–water partition coefficient (Wildman–Crippen LogP) is 5.98. The van der Waals surface area contributed by atoms with Crippen LogP contribution < -0.4 is 4.74 Å². The number of amides is 1. The number of aryl methyl sites for hydroxylation is 2. The molecule has 174 valence electrons. The van der Waals surface area contributed by atoms with Gasteiger partial charge in [0.25, 0.3) is 0 Å². The van der Waals surface area contributed by atoms with E-state index in [9.17, 15) is 4.79 Å². The molecule has 5 rings (SSSR count). The first-order chi connectivity index (χ1) is 16.6. The molecule has 3 aromatic carbocycles. The Bertz CT molecular complexity index is 1300. The highest BCUT2D eigenvalue weighted by molar-refractivity contribution is 6.31. The Balaban J connectivity index is 1.30. The van der Waals surface area contributed by atoms with Crippen LogP contribution in [0.25, 0.3) is 11.0 Å². The van der Waals surface area contributed by atoms with E-state index in [4.69, 9.17) is 21.3 Å². The van der Waals surface area contributed by atoms with E-state index in [0.717, 1.165) is 51.7 Å². The molecule has 0 N–H and O–H groups in total. The quantitative estimate of drug-likeness (QED) is 0.295. The van der Waals surface area contributed by atoms with Crippen LogP contribution in [0.1, 0.15) is 35.7 Å². The van der Waals surface area contributed by atoms with Crippen molar-refractivity contribution in [2.45, 2.75) is 38.8 Å². The molecule has 1 atom stereocenters. The van der Waals surface area contributed by atoms with Crippen LogP contribution in [-0.2, 0) is 17.9 Å². The number of imidazole rings is 1. The number of ether oxygens (including phenoxy) is 1. The van der Waals surface area contributed by atoms with Crippen molar-refractivity contribution in [1.82, 2.24) is 14.5 Å². The number of hydrogen-bond acceptors (Lipinski definition) is 3. The number of fused-ring (bicyclic) bond motifs is 1. The molecule has 6 heteroatoms. The fourth-order valence-electron chi connectivity index (χ4n) is 4.66. The van der Waals surface area contributed by atoms with Crippen LogP contribution in [0, 0.1) is 6.92 Å². The summed E-state index contributed by atoms with van der Waals surface area (Å²) < 4.78 is 8.24. The number of carbonyl (C=O) groups excluding carboxylic acids is 1. The van der Waals surface area contributed by atoms with E-state index >= 15 is 0 Å². The number of likely N-dealkylation sites (tertiary alicyclic amines) is 1. The van der Waals surface area contributed by atoms with Crippen molar-refractivity contribution in [3.63, 3.8) is 0 Å². The molecular formula is C28H28ClN3O2. The molecule has 0 radical (unpaired) electrons. The Hall–Kier alpha value is -3.31. The Labute approximate surface area is 204 Å². The molecule has 0 spiro atoms. The number of benzene rings is 3. The van der Waals surface area contributed by atoms with E-state index < -0.39 is 0 Å². The highest BCUT2D eigenvalue weighted by Crippen LogP contribution is 2.31. The average molecular weight is 474 g/mol. The van der Waals surface area contributed by atoms with E-state index in [1.165, 1.54) is 0 Å². The first-order valence-electron chi connectivity index (χ1n) is 11.7. The molecule has 1 amide bonds. The second-order valence-corrected chi connectivity index (χ2v) is 9.29. The van der Waals surface area contributed by atoms with Crippen molar-refractivity contribution in [2.75, 3.05) is 13.2 Å². The SMILES string of the molecule is Cc1cc(OCCCn2c(C3CC(=O)N(Cc4ccccc4)C3)nc3ccccc32)ccc1Cl. The first kappa shape index (κ1) is 22.5.